The molecule has 5 heteroatoms. The standard InChI is InChI=1S/C63H37N5/c1-5-17-49-38(13-1)36-55(53-21-9-7-19-51(49)53)44-33-45(56-37-39-14-2-6-18-50(39)52-20-8-10-22-54(52)56)35-48(34-44)63-67-61(42-25-27-59-46(31-42)29-40-15-3-11-23-57(40)64-59)66-62(68-63)43-26-28-60-47(32-43)30-41-16-4-12-24-58(41)65-60/h1-37H. The Morgan fingerprint density at radius 2 is 0.544 bits per heavy atom. The van der Waals surface area contributed by atoms with E-state index >= 15 is 0 Å². The molecule has 0 N–H and O–H groups in total. The summed E-state index contributed by atoms with van der Waals surface area (Å²) in [5, 5.41) is 13.8. The summed E-state index contributed by atoms with van der Waals surface area (Å²) in [6, 6.07) is 79.8. The lowest BCUT2D eigenvalue weighted by atomic mass is 9.88. The molecule has 5 nitrogen and oxygen atoms in total. The molecule has 0 spiro atoms. The number of aromatic nitrogens is 5. The lowest BCUT2D eigenvalue weighted by Crippen LogP contribution is -2.01. The van der Waals surface area contributed by atoms with Crippen LogP contribution in [0.15, 0.2) is 224 Å². The average Bonchev–Trinajstić information content (AvgIpc) is 3.40. The predicted octanol–water partition coefficient (Wildman–Crippen LogP) is 16.2. The highest BCUT2D eigenvalue weighted by atomic mass is 15.0. The molecule has 11 aromatic carbocycles. The lowest BCUT2D eigenvalue weighted by Gasteiger charge is -2.16. The first-order valence-electron chi connectivity index (χ1n) is 23.0. The van der Waals surface area contributed by atoms with Crippen molar-refractivity contribution in [3.05, 3.63) is 224 Å². The van der Waals surface area contributed by atoms with E-state index in [0.717, 1.165) is 82.6 Å². The van der Waals surface area contributed by atoms with E-state index in [-0.39, 0.29) is 0 Å². The third-order valence-corrected chi connectivity index (χ3v) is 13.5. The molecule has 0 unspecified atom stereocenters. The van der Waals surface area contributed by atoms with Gasteiger partial charge < -0.3 is 0 Å². The summed E-state index contributed by atoms with van der Waals surface area (Å²) in [6.07, 6.45) is 0. The van der Waals surface area contributed by atoms with Gasteiger partial charge in [0, 0.05) is 38.2 Å². The molecule has 14 aromatic rings. The van der Waals surface area contributed by atoms with Crippen LogP contribution < -0.4 is 0 Å². The van der Waals surface area contributed by atoms with Crippen LogP contribution in [0.5, 0.6) is 0 Å². The highest BCUT2D eigenvalue weighted by Crippen LogP contribution is 2.42. The first-order chi connectivity index (χ1) is 33.6. The molecular formula is C63H37N5. The Kier molecular flexibility index (Phi) is 8.52. The quantitative estimate of drug-likeness (QED) is 0.127. The fourth-order valence-corrected chi connectivity index (χ4v) is 10.3. The number of para-hydroxylation sites is 2. The topological polar surface area (TPSA) is 64.5 Å². The van der Waals surface area contributed by atoms with Crippen molar-refractivity contribution >= 4 is 86.7 Å². The van der Waals surface area contributed by atoms with Crippen molar-refractivity contribution in [2.75, 3.05) is 0 Å². The monoisotopic (exact) mass is 863 g/mol. The molecule has 14 rings (SSSR count). The van der Waals surface area contributed by atoms with Gasteiger partial charge in [0.05, 0.1) is 22.1 Å². The van der Waals surface area contributed by atoms with Crippen molar-refractivity contribution in [2.45, 2.75) is 0 Å². The minimum absolute atomic E-state index is 0.580. The van der Waals surface area contributed by atoms with Gasteiger partial charge in [-0.15, -0.1) is 0 Å². The molecule has 0 fully saturated rings. The molecule has 0 saturated heterocycles. The minimum Gasteiger partial charge on any atom is -0.248 e. The smallest absolute Gasteiger partial charge is 0.164 e. The molecule has 0 atom stereocenters. The molecule has 0 aliphatic carbocycles. The average molecular weight is 864 g/mol. The Hall–Kier alpha value is -9.19. The second-order valence-corrected chi connectivity index (χ2v) is 17.7. The maximum absolute atomic E-state index is 5.41. The molecule has 0 aliphatic rings. The normalized spacial score (nSPS) is 11.8. The van der Waals surface area contributed by atoms with Gasteiger partial charge in [-0.2, -0.15) is 0 Å². The number of hydrogen-bond acceptors (Lipinski definition) is 5. The zero-order valence-electron chi connectivity index (χ0n) is 36.6. The van der Waals surface area contributed by atoms with Crippen LogP contribution in [-0.4, -0.2) is 24.9 Å². The lowest BCUT2D eigenvalue weighted by molar-refractivity contribution is 1.08. The molecule has 68 heavy (non-hydrogen) atoms. The number of hydrogen-bond donors (Lipinski definition) is 0. The Bertz CT molecular complexity index is 4130. The van der Waals surface area contributed by atoms with Gasteiger partial charge in [0.15, 0.2) is 17.5 Å². The SMILES string of the molecule is c1ccc2nc3ccc(-c4nc(-c5cc(-c6cc7ccccc7c7ccccc67)cc(-c6cc7ccccc7c7ccccc67)c5)nc(-c5ccc6nc7ccccc7cc6c5)n4)cc3cc2c1. The summed E-state index contributed by atoms with van der Waals surface area (Å²) in [7, 11) is 0. The summed E-state index contributed by atoms with van der Waals surface area (Å²) in [5.74, 6) is 1.74. The van der Waals surface area contributed by atoms with Crippen LogP contribution in [0, 0.1) is 0 Å². The summed E-state index contributed by atoms with van der Waals surface area (Å²) >= 11 is 0. The van der Waals surface area contributed by atoms with E-state index in [1.165, 1.54) is 43.1 Å². The van der Waals surface area contributed by atoms with E-state index in [9.17, 15) is 0 Å². The van der Waals surface area contributed by atoms with E-state index in [2.05, 4.69) is 212 Å². The molecule has 3 heterocycles. The minimum atomic E-state index is 0.580. The molecule has 0 amide bonds. The summed E-state index contributed by atoms with van der Waals surface area (Å²) in [4.78, 5) is 26.1. The van der Waals surface area contributed by atoms with Gasteiger partial charge in [-0.25, -0.2) is 24.9 Å². The molecule has 0 aliphatic heterocycles. The number of fused-ring (bicyclic) bond motifs is 10. The highest BCUT2D eigenvalue weighted by molar-refractivity contribution is 6.16. The van der Waals surface area contributed by atoms with Crippen molar-refractivity contribution < 1.29 is 0 Å². The van der Waals surface area contributed by atoms with Crippen molar-refractivity contribution in [1.82, 2.24) is 24.9 Å². The molecule has 0 bridgehead atoms. The molecule has 3 aromatic heterocycles. The van der Waals surface area contributed by atoms with Crippen molar-refractivity contribution in [3.8, 4) is 56.4 Å². The Morgan fingerprint density at radius 1 is 0.191 bits per heavy atom. The van der Waals surface area contributed by atoms with Crippen LogP contribution in [0.25, 0.3) is 143 Å². The predicted molar refractivity (Wildman–Crippen MR) is 283 cm³/mol. The zero-order valence-corrected chi connectivity index (χ0v) is 36.6. The van der Waals surface area contributed by atoms with E-state index < -0.39 is 0 Å². The van der Waals surface area contributed by atoms with Crippen molar-refractivity contribution in [3.63, 3.8) is 0 Å². The van der Waals surface area contributed by atoms with Gasteiger partial charge in [0.2, 0.25) is 0 Å². The third-order valence-electron chi connectivity index (χ3n) is 13.5. The number of benzene rings is 11. The number of rotatable bonds is 5. The van der Waals surface area contributed by atoms with Gasteiger partial charge in [0.1, 0.15) is 0 Å². The van der Waals surface area contributed by atoms with E-state index in [0.29, 0.717) is 17.5 Å². The van der Waals surface area contributed by atoms with Gasteiger partial charge in [-0.3, -0.25) is 0 Å². The van der Waals surface area contributed by atoms with Crippen LogP contribution in [0.1, 0.15) is 0 Å². The number of nitrogens with zero attached hydrogens (tertiary/aromatic N) is 5. The summed E-state index contributed by atoms with van der Waals surface area (Å²) in [6.45, 7) is 0. The van der Waals surface area contributed by atoms with Gasteiger partial charge in [0.25, 0.3) is 0 Å². The molecule has 314 valence electrons. The molecule has 0 saturated carbocycles. The third kappa shape index (κ3) is 6.36. The summed E-state index contributed by atoms with van der Waals surface area (Å²) in [5.41, 5.74) is 10.8. The largest absolute Gasteiger partial charge is 0.248 e. The Labute approximate surface area is 390 Å². The maximum atomic E-state index is 5.41. The maximum Gasteiger partial charge on any atom is 0.164 e. The fraction of sp³-hybridized carbons (Fsp3) is 0. The van der Waals surface area contributed by atoms with E-state index in [1.807, 2.05) is 12.1 Å². The second kappa shape index (κ2) is 15.2. The van der Waals surface area contributed by atoms with E-state index in [4.69, 9.17) is 24.9 Å². The Balaban J connectivity index is 1.05. The first-order valence-corrected chi connectivity index (χ1v) is 23.0. The highest BCUT2D eigenvalue weighted by Gasteiger charge is 2.19. The van der Waals surface area contributed by atoms with Crippen LogP contribution >= 0.6 is 0 Å². The summed E-state index contributed by atoms with van der Waals surface area (Å²) < 4.78 is 0. The second-order valence-electron chi connectivity index (χ2n) is 17.7. The van der Waals surface area contributed by atoms with Crippen LogP contribution in [-0.2, 0) is 0 Å². The van der Waals surface area contributed by atoms with Gasteiger partial charge >= 0.3 is 0 Å². The van der Waals surface area contributed by atoms with Crippen molar-refractivity contribution in [1.29, 1.82) is 0 Å². The van der Waals surface area contributed by atoms with E-state index in [1.54, 1.807) is 0 Å². The van der Waals surface area contributed by atoms with Gasteiger partial charge in [-0.1, -0.05) is 133 Å². The zero-order chi connectivity index (χ0) is 44.7. The van der Waals surface area contributed by atoms with Crippen LogP contribution in [0.2, 0.25) is 0 Å². The fourth-order valence-electron chi connectivity index (χ4n) is 10.3. The van der Waals surface area contributed by atoms with Crippen LogP contribution in [0.3, 0.4) is 0 Å². The van der Waals surface area contributed by atoms with Crippen LogP contribution in [0.4, 0.5) is 0 Å². The Morgan fingerprint density at radius 3 is 1.01 bits per heavy atom. The van der Waals surface area contributed by atoms with Gasteiger partial charge in [-0.05, 0) is 156 Å². The van der Waals surface area contributed by atoms with Crippen molar-refractivity contribution in [2.24, 2.45) is 0 Å². The first kappa shape index (κ1) is 38.1. The molecular weight excluding hydrogens is 827 g/mol. The number of pyridine rings is 2. The molecule has 0 radical (unpaired) electrons.